The number of nitrogens with one attached hydrogen (secondary N) is 1. The summed E-state index contributed by atoms with van der Waals surface area (Å²) in [4.78, 5) is 23.6. The lowest BCUT2D eigenvalue weighted by atomic mass is 10.1. The van der Waals surface area contributed by atoms with E-state index >= 15 is 0 Å². The summed E-state index contributed by atoms with van der Waals surface area (Å²) in [6.45, 7) is 0.394. The van der Waals surface area contributed by atoms with Crippen molar-refractivity contribution in [2.24, 2.45) is 5.92 Å². The number of ether oxygens (including phenoxy) is 1. The average molecular weight is 299 g/mol. The molecule has 1 fully saturated rings. The summed E-state index contributed by atoms with van der Waals surface area (Å²) in [5.74, 6) is 0.678. The van der Waals surface area contributed by atoms with Gasteiger partial charge in [-0.25, -0.2) is 4.79 Å². The van der Waals surface area contributed by atoms with E-state index in [4.69, 9.17) is 4.42 Å². The molecule has 1 aliphatic carbocycles. The Morgan fingerprint density at radius 3 is 2.91 bits per heavy atom. The van der Waals surface area contributed by atoms with Crippen molar-refractivity contribution >= 4 is 11.9 Å². The summed E-state index contributed by atoms with van der Waals surface area (Å²) in [5, 5.41) is 2.90. The Hall–Kier alpha value is -2.56. The van der Waals surface area contributed by atoms with E-state index in [-0.39, 0.29) is 23.7 Å². The third kappa shape index (κ3) is 3.03. The van der Waals surface area contributed by atoms with Crippen molar-refractivity contribution in [1.29, 1.82) is 0 Å². The number of esters is 1. The molecule has 3 rings (SSSR count). The van der Waals surface area contributed by atoms with E-state index in [1.807, 2.05) is 18.2 Å². The van der Waals surface area contributed by atoms with Crippen LogP contribution in [0.25, 0.3) is 0 Å². The molecule has 22 heavy (non-hydrogen) atoms. The number of methoxy groups -OCH3 is 1. The van der Waals surface area contributed by atoms with E-state index in [1.165, 1.54) is 7.11 Å². The molecule has 0 spiro atoms. The van der Waals surface area contributed by atoms with Crippen molar-refractivity contribution < 1.29 is 18.7 Å². The first-order valence-electron chi connectivity index (χ1n) is 7.17. The minimum atomic E-state index is -0.381. The quantitative estimate of drug-likeness (QED) is 0.861. The highest BCUT2D eigenvalue weighted by Crippen LogP contribution is 2.47. The second-order valence-electron chi connectivity index (χ2n) is 5.37. The lowest BCUT2D eigenvalue weighted by molar-refractivity contribution is -0.122. The molecule has 0 saturated heterocycles. The van der Waals surface area contributed by atoms with Crippen LogP contribution >= 0.6 is 0 Å². The largest absolute Gasteiger partial charge is 0.469 e. The minimum absolute atomic E-state index is 0.0184. The van der Waals surface area contributed by atoms with E-state index in [1.54, 1.807) is 24.5 Å². The second-order valence-corrected chi connectivity index (χ2v) is 5.37. The standard InChI is InChI=1S/C17H17NO4/c1-21-17(20)12-5-2-4-11(8-12)10-18-16(19)14-9-13(14)15-6-3-7-22-15/h2-8,13-14H,9-10H2,1H3,(H,18,19)/t13-,14-/m0/s1. The maximum Gasteiger partial charge on any atom is 0.337 e. The zero-order valence-corrected chi connectivity index (χ0v) is 12.2. The molecule has 5 heteroatoms. The van der Waals surface area contributed by atoms with Crippen molar-refractivity contribution in [2.45, 2.75) is 18.9 Å². The molecule has 1 N–H and O–H groups in total. The molecule has 1 saturated carbocycles. The van der Waals surface area contributed by atoms with Crippen LogP contribution in [0.5, 0.6) is 0 Å². The average Bonchev–Trinajstić information content (AvgIpc) is 3.17. The molecule has 0 unspecified atom stereocenters. The van der Waals surface area contributed by atoms with E-state index in [0.717, 1.165) is 17.7 Å². The highest BCUT2D eigenvalue weighted by atomic mass is 16.5. The maximum absolute atomic E-state index is 12.1. The van der Waals surface area contributed by atoms with E-state index < -0.39 is 0 Å². The molecule has 1 amide bonds. The molecule has 1 aliphatic rings. The van der Waals surface area contributed by atoms with Gasteiger partial charge < -0.3 is 14.5 Å². The zero-order valence-electron chi connectivity index (χ0n) is 12.2. The number of carbonyl (C=O) groups excluding carboxylic acids is 2. The van der Waals surface area contributed by atoms with Gasteiger partial charge in [0.05, 0.1) is 18.9 Å². The van der Waals surface area contributed by atoms with Gasteiger partial charge in [-0.1, -0.05) is 12.1 Å². The molecule has 0 aliphatic heterocycles. The Morgan fingerprint density at radius 2 is 2.18 bits per heavy atom. The van der Waals surface area contributed by atoms with Crippen LogP contribution in [-0.2, 0) is 16.1 Å². The maximum atomic E-state index is 12.1. The fraction of sp³-hybridized carbons (Fsp3) is 0.294. The van der Waals surface area contributed by atoms with Crippen LogP contribution in [0.2, 0.25) is 0 Å². The van der Waals surface area contributed by atoms with Crippen LogP contribution in [0, 0.1) is 5.92 Å². The number of amides is 1. The molecule has 1 aromatic heterocycles. The monoisotopic (exact) mass is 299 g/mol. The minimum Gasteiger partial charge on any atom is -0.469 e. The Bertz CT molecular complexity index is 678. The number of rotatable bonds is 5. The first kappa shape index (κ1) is 14.4. The summed E-state index contributed by atoms with van der Waals surface area (Å²) in [6, 6.07) is 10.8. The Morgan fingerprint density at radius 1 is 1.32 bits per heavy atom. The Balaban J connectivity index is 1.55. The van der Waals surface area contributed by atoms with E-state index in [0.29, 0.717) is 12.1 Å². The van der Waals surface area contributed by atoms with Crippen molar-refractivity contribution in [2.75, 3.05) is 7.11 Å². The smallest absolute Gasteiger partial charge is 0.337 e. The number of hydrogen-bond donors (Lipinski definition) is 1. The second kappa shape index (κ2) is 6.05. The summed E-state index contributed by atoms with van der Waals surface area (Å²) in [5.41, 5.74) is 1.35. The Kier molecular flexibility index (Phi) is 3.96. The highest BCUT2D eigenvalue weighted by Gasteiger charge is 2.45. The van der Waals surface area contributed by atoms with Crippen molar-refractivity contribution in [1.82, 2.24) is 5.32 Å². The van der Waals surface area contributed by atoms with Gasteiger partial charge in [-0.3, -0.25) is 4.79 Å². The molecular weight excluding hydrogens is 282 g/mol. The number of carbonyl (C=O) groups is 2. The van der Waals surface area contributed by atoms with Gasteiger partial charge in [0.25, 0.3) is 0 Å². The molecule has 1 heterocycles. The first-order chi connectivity index (χ1) is 10.7. The van der Waals surface area contributed by atoms with Gasteiger partial charge in [0, 0.05) is 18.4 Å². The van der Waals surface area contributed by atoms with Gasteiger partial charge in [0.15, 0.2) is 0 Å². The van der Waals surface area contributed by atoms with Gasteiger partial charge in [0.2, 0.25) is 5.91 Å². The number of benzene rings is 1. The predicted octanol–water partition coefficient (Wildman–Crippen LogP) is 2.49. The van der Waals surface area contributed by atoms with E-state index in [2.05, 4.69) is 10.1 Å². The van der Waals surface area contributed by atoms with Crippen LogP contribution in [0.4, 0.5) is 0 Å². The molecule has 1 aromatic carbocycles. The third-order valence-corrected chi connectivity index (χ3v) is 3.85. The molecule has 5 nitrogen and oxygen atoms in total. The first-order valence-corrected chi connectivity index (χ1v) is 7.17. The summed E-state index contributed by atoms with van der Waals surface area (Å²) < 4.78 is 10.0. The third-order valence-electron chi connectivity index (χ3n) is 3.85. The molecule has 2 atom stereocenters. The zero-order chi connectivity index (χ0) is 15.5. The fourth-order valence-electron chi connectivity index (χ4n) is 2.55. The summed E-state index contributed by atoms with van der Waals surface area (Å²) in [7, 11) is 1.35. The topological polar surface area (TPSA) is 68.5 Å². The van der Waals surface area contributed by atoms with Gasteiger partial charge >= 0.3 is 5.97 Å². The fourth-order valence-corrected chi connectivity index (χ4v) is 2.55. The van der Waals surface area contributed by atoms with Crippen LogP contribution in [0.3, 0.4) is 0 Å². The van der Waals surface area contributed by atoms with Crippen LogP contribution in [0.15, 0.2) is 47.1 Å². The summed E-state index contributed by atoms with van der Waals surface area (Å²) in [6.07, 6.45) is 2.45. The van der Waals surface area contributed by atoms with Gasteiger partial charge in [-0.05, 0) is 36.2 Å². The highest BCUT2D eigenvalue weighted by molar-refractivity contribution is 5.89. The van der Waals surface area contributed by atoms with Crippen LogP contribution in [0.1, 0.15) is 34.0 Å². The molecule has 0 bridgehead atoms. The van der Waals surface area contributed by atoms with Gasteiger partial charge in [-0.2, -0.15) is 0 Å². The molecule has 114 valence electrons. The lowest BCUT2D eigenvalue weighted by Crippen LogP contribution is -2.25. The van der Waals surface area contributed by atoms with Crippen molar-refractivity contribution in [3.05, 3.63) is 59.5 Å². The normalized spacial score (nSPS) is 19.5. The van der Waals surface area contributed by atoms with Crippen LogP contribution < -0.4 is 5.32 Å². The Labute approximate surface area is 128 Å². The van der Waals surface area contributed by atoms with Crippen LogP contribution in [-0.4, -0.2) is 19.0 Å². The SMILES string of the molecule is COC(=O)c1cccc(CNC(=O)[C@H]2C[C@@H]2c2ccco2)c1. The number of hydrogen-bond acceptors (Lipinski definition) is 4. The van der Waals surface area contributed by atoms with Crippen molar-refractivity contribution in [3.63, 3.8) is 0 Å². The van der Waals surface area contributed by atoms with Gasteiger partial charge in [-0.15, -0.1) is 0 Å². The predicted molar refractivity (Wildman–Crippen MR) is 79.2 cm³/mol. The molecule has 0 radical (unpaired) electrons. The van der Waals surface area contributed by atoms with Crippen molar-refractivity contribution in [3.8, 4) is 0 Å². The lowest BCUT2D eigenvalue weighted by Gasteiger charge is -2.06. The van der Waals surface area contributed by atoms with E-state index in [9.17, 15) is 9.59 Å². The summed E-state index contributed by atoms with van der Waals surface area (Å²) >= 11 is 0. The molecule has 2 aromatic rings. The van der Waals surface area contributed by atoms with Gasteiger partial charge in [0.1, 0.15) is 5.76 Å². The molecular formula is C17H17NO4. The number of furan rings is 1.